The molecule has 0 aromatic heterocycles. The molecule has 5 heteroatoms. The molecule has 0 radical (unpaired) electrons. The molecule has 0 bridgehead atoms. The summed E-state index contributed by atoms with van der Waals surface area (Å²) in [5.41, 5.74) is 0.0611. The summed E-state index contributed by atoms with van der Waals surface area (Å²) in [6, 6.07) is 2.77. The number of hydrogen-bond donors (Lipinski definition) is 0. The normalized spacial score (nSPS) is 10.0. The maximum atomic E-state index is 13.3. The molecule has 1 aromatic rings. The zero-order chi connectivity index (χ0) is 10.7. The summed E-state index contributed by atoms with van der Waals surface area (Å²) >= 11 is 11.2. The van der Waals surface area contributed by atoms with Crippen LogP contribution < -0.4 is 0 Å². The van der Waals surface area contributed by atoms with Crippen LogP contribution >= 0.6 is 23.2 Å². The lowest BCUT2D eigenvalue weighted by molar-refractivity contribution is -0.139. The van der Waals surface area contributed by atoms with Crippen molar-refractivity contribution in [3.8, 4) is 0 Å². The quantitative estimate of drug-likeness (QED) is 0.583. The Hall–Kier alpha value is -0.800. The van der Waals surface area contributed by atoms with E-state index in [1.165, 1.54) is 19.2 Å². The summed E-state index contributed by atoms with van der Waals surface area (Å²) in [6.07, 6.45) is -0.221. The number of carbonyl (C=O) groups is 1. The minimum atomic E-state index is -0.676. The fourth-order valence-corrected chi connectivity index (χ4v) is 1.34. The third-order valence-corrected chi connectivity index (χ3v) is 2.33. The van der Waals surface area contributed by atoms with Crippen molar-refractivity contribution in [2.75, 3.05) is 7.11 Å². The number of hydrogen-bond acceptors (Lipinski definition) is 2. The Labute approximate surface area is 90.6 Å². The van der Waals surface area contributed by atoms with E-state index >= 15 is 0 Å². The van der Waals surface area contributed by atoms with Crippen LogP contribution in [0.1, 0.15) is 5.56 Å². The van der Waals surface area contributed by atoms with Gasteiger partial charge in [-0.05, 0) is 12.1 Å². The molecule has 0 N–H and O–H groups in total. The molecular weight excluding hydrogens is 230 g/mol. The van der Waals surface area contributed by atoms with E-state index in [1.807, 2.05) is 0 Å². The fourth-order valence-electron chi connectivity index (χ4n) is 0.948. The highest BCUT2D eigenvalue weighted by Gasteiger charge is 2.14. The lowest BCUT2D eigenvalue weighted by atomic mass is 10.1. The standard InChI is InChI=1S/C9H7Cl2FO2/c1-14-8(13)4-5-6(10)2-3-7(11)9(5)12/h2-3H,4H2,1H3. The van der Waals surface area contributed by atoms with Gasteiger partial charge >= 0.3 is 5.97 Å². The molecule has 0 aliphatic heterocycles. The summed E-state index contributed by atoms with van der Waals surface area (Å²) in [5, 5.41) is 0.102. The van der Waals surface area contributed by atoms with Crippen molar-refractivity contribution >= 4 is 29.2 Å². The summed E-state index contributed by atoms with van der Waals surface area (Å²) in [7, 11) is 1.22. The van der Waals surface area contributed by atoms with E-state index in [9.17, 15) is 9.18 Å². The Morgan fingerprint density at radius 3 is 2.57 bits per heavy atom. The van der Waals surface area contributed by atoms with Gasteiger partial charge in [0.15, 0.2) is 0 Å². The SMILES string of the molecule is COC(=O)Cc1c(Cl)ccc(Cl)c1F. The van der Waals surface area contributed by atoms with E-state index in [0.717, 1.165) is 0 Å². The van der Waals surface area contributed by atoms with Crippen LogP contribution in [0.4, 0.5) is 4.39 Å². The maximum absolute atomic E-state index is 13.3. The van der Waals surface area contributed by atoms with Gasteiger partial charge in [0, 0.05) is 10.6 Å². The van der Waals surface area contributed by atoms with Crippen molar-refractivity contribution in [1.29, 1.82) is 0 Å². The Morgan fingerprint density at radius 2 is 2.00 bits per heavy atom. The fraction of sp³-hybridized carbons (Fsp3) is 0.222. The highest BCUT2D eigenvalue weighted by atomic mass is 35.5. The van der Waals surface area contributed by atoms with Gasteiger partial charge in [-0.25, -0.2) is 4.39 Å². The van der Waals surface area contributed by atoms with Gasteiger partial charge in [-0.15, -0.1) is 0 Å². The van der Waals surface area contributed by atoms with E-state index in [2.05, 4.69) is 4.74 Å². The van der Waals surface area contributed by atoms with Crippen molar-refractivity contribution in [2.45, 2.75) is 6.42 Å². The van der Waals surface area contributed by atoms with E-state index in [1.54, 1.807) is 0 Å². The van der Waals surface area contributed by atoms with Gasteiger partial charge in [0.05, 0.1) is 18.6 Å². The minimum Gasteiger partial charge on any atom is -0.469 e. The van der Waals surface area contributed by atoms with Crippen LogP contribution in [0.2, 0.25) is 10.0 Å². The highest BCUT2D eigenvalue weighted by molar-refractivity contribution is 6.33. The second-order valence-corrected chi connectivity index (χ2v) is 3.39. The molecule has 0 aliphatic rings. The molecule has 1 rings (SSSR count). The molecule has 76 valence electrons. The predicted molar refractivity (Wildman–Crippen MR) is 52.1 cm³/mol. The first-order chi connectivity index (χ1) is 6.56. The molecule has 0 unspecified atom stereocenters. The van der Waals surface area contributed by atoms with E-state index < -0.39 is 11.8 Å². The first-order valence-electron chi connectivity index (χ1n) is 3.75. The van der Waals surface area contributed by atoms with Crippen LogP contribution in [0, 0.1) is 5.82 Å². The molecule has 0 amide bonds. The van der Waals surface area contributed by atoms with Gasteiger partial charge in [0.2, 0.25) is 0 Å². The van der Waals surface area contributed by atoms with Crippen molar-refractivity contribution in [2.24, 2.45) is 0 Å². The number of methoxy groups -OCH3 is 1. The molecule has 0 fully saturated rings. The average Bonchev–Trinajstić information content (AvgIpc) is 2.18. The second-order valence-electron chi connectivity index (χ2n) is 2.57. The third kappa shape index (κ3) is 2.36. The maximum Gasteiger partial charge on any atom is 0.310 e. The van der Waals surface area contributed by atoms with Crippen LogP contribution in [0.3, 0.4) is 0 Å². The molecule has 0 aliphatic carbocycles. The van der Waals surface area contributed by atoms with Gasteiger partial charge in [0.1, 0.15) is 5.82 Å². The van der Waals surface area contributed by atoms with Crippen LogP contribution in [-0.2, 0) is 16.0 Å². The highest BCUT2D eigenvalue weighted by Crippen LogP contribution is 2.25. The van der Waals surface area contributed by atoms with E-state index in [4.69, 9.17) is 23.2 Å². The van der Waals surface area contributed by atoms with E-state index in [-0.39, 0.29) is 22.0 Å². The number of esters is 1. The molecule has 0 atom stereocenters. The minimum absolute atomic E-state index is 0.0611. The van der Waals surface area contributed by atoms with Gasteiger partial charge in [-0.2, -0.15) is 0 Å². The largest absolute Gasteiger partial charge is 0.469 e. The molecule has 1 aromatic carbocycles. The van der Waals surface area contributed by atoms with Crippen LogP contribution in [0.5, 0.6) is 0 Å². The van der Waals surface area contributed by atoms with Crippen LogP contribution in [0.25, 0.3) is 0 Å². The molecular formula is C9H7Cl2FO2. The lowest BCUT2D eigenvalue weighted by Crippen LogP contribution is -2.07. The van der Waals surface area contributed by atoms with Crippen LogP contribution in [-0.4, -0.2) is 13.1 Å². The van der Waals surface area contributed by atoms with Crippen LogP contribution in [0.15, 0.2) is 12.1 Å². The van der Waals surface area contributed by atoms with Gasteiger partial charge in [-0.3, -0.25) is 4.79 Å². The lowest BCUT2D eigenvalue weighted by Gasteiger charge is -2.05. The Kier molecular flexibility index (Phi) is 3.72. The Bertz CT molecular complexity index is 366. The average molecular weight is 237 g/mol. The van der Waals surface area contributed by atoms with Crippen molar-refractivity contribution in [1.82, 2.24) is 0 Å². The van der Waals surface area contributed by atoms with Crippen molar-refractivity contribution < 1.29 is 13.9 Å². The number of ether oxygens (including phenoxy) is 1. The zero-order valence-electron chi connectivity index (χ0n) is 7.31. The number of carbonyl (C=O) groups excluding carboxylic acids is 1. The summed E-state index contributed by atoms with van der Waals surface area (Å²) in [5.74, 6) is -1.24. The number of benzene rings is 1. The molecule has 0 saturated heterocycles. The molecule has 0 spiro atoms. The topological polar surface area (TPSA) is 26.3 Å². The van der Waals surface area contributed by atoms with Gasteiger partial charge in [-0.1, -0.05) is 23.2 Å². The predicted octanol–water partition coefficient (Wildman–Crippen LogP) is 2.85. The second kappa shape index (κ2) is 4.62. The Morgan fingerprint density at radius 1 is 1.43 bits per heavy atom. The Balaban J connectivity index is 3.06. The molecule has 14 heavy (non-hydrogen) atoms. The summed E-state index contributed by atoms with van der Waals surface area (Å²) < 4.78 is 17.7. The first-order valence-corrected chi connectivity index (χ1v) is 4.51. The monoisotopic (exact) mass is 236 g/mol. The van der Waals surface area contributed by atoms with Gasteiger partial charge < -0.3 is 4.74 Å². The summed E-state index contributed by atoms with van der Waals surface area (Å²) in [4.78, 5) is 10.9. The van der Waals surface area contributed by atoms with Gasteiger partial charge in [0.25, 0.3) is 0 Å². The number of rotatable bonds is 2. The summed E-state index contributed by atoms with van der Waals surface area (Å²) in [6.45, 7) is 0. The third-order valence-electron chi connectivity index (χ3n) is 1.69. The molecule has 0 saturated carbocycles. The molecule has 0 heterocycles. The van der Waals surface area contributed by atoms with Crippen molar-refractivity contribution in [3.05, 3.63) is 33.6 Å². The first kappa shape index (κ1) is 11.3. The molecule has 2 nitrogen and oxygen atoms in total. The smallest absolute Gasteiger partial charge is 0.310 e. The van der Waals surface area contributed by atoms with Crippen molar-refractivity contribution in [3.63, 3.8) is 0 Å². The zero-order valence-corrected chi connectivity index (χ0v) is 8.82. The number of halogens is 3. The van der Waals surface area contributed by atoms with E-state index in [0.29, 0.717) is 0 Å².